The number of benzene rings is 1. The number of fused-ring (bicyclic) bond motifs is 4. The third-order valence-corrected chi connectivity index (χ3v) is 7.40. The zero-order valence-electron chi connectivity index (χ0n) is 19.6. The molecular weight excluding hydrogens is 494 g/mol. The van der Waals surface area contributed by atoms with Crippen molar-refractivity contribution in [2.45, 2.75) is 18.9 Å². The van der Waals surface area contributed by atoms with Gasteiger partial charge in [-0.3, -0.25) is 0 Å². The second-order valence-corrected chi connectivity index (χ2v) is 9.82. The average Bonchev–Trinajstić information content (AvgIpc) is 3.44. The average molecular weight is 516 g/mol. The van der Waals surface area contributed by atoms with E-state index in [1.807, 2.05) is 6.07 Å². The summed E-state index contributed by atoms with van der Waals surface area (Å²) in [6.45, 7) is 1.50. The number of nitrogens with zero attached hydrogens (tertiary/aromatic N) is 8. The predicted octanol–water partition coefficient (Wildman–Crippen LogP) is 3.86. The van der Waals surface area contributed by atoms with Gasteiger partial charge in [-0.05, 0) is 37.1 Å². The molecule has 186 valence electrons. The molecule has 3 atom stereocenters. The first-order valence-electron chi connectivity index (χ1n) is 12.1. The number of hydrogen-bond donors (Lipinski definition) is 2. The Hall–Kier alpha value is -4.09. The number of ether oxygens (including phenoxy) is 1. The van der Waals surface area contributed by atoms with Crippen molar-refractivity contribution < 1.29 is 9.84 Å². The molecule has 2 aliphatic rings. The van der Waals surface area contributed by atoms with E-state index in [1.54, 1.807) is 41.2 Å². The first-order chi connectivity index (χ1) is 18.1. The number of aliphatic hydroxyl groups is 1. The van der Waals surface area contributed by atoms with Gasteiger partial charge in [-0.25, -0.2) is 29.4 Å². The van der Waals surface area contributed by atoms with Crippen molar-refractivity contribution in [2.75, 3.05) is 23.3 Å². The van der Waals surface area contributed by atoms with Gasteiger partial charge in [0.2, 0.25) is 5.95 Å². The SMILES string of the molecule is OC1[C@@H]2CC[C@H]1CN(c1ncc3ncnc(Nc4ccc(Oc5ccn6ncnc6c5)c(Cl)c4)c3n1)C2. The van der Waals surface area contributed by atoms with Gasteiger partial charge in [-0.1, -0.05) is 11.6 Å². The van der Waals surface area contributed by atoms with E-state index in [-0.39, 0.29) is 17.9 Å². The number of rotatable bonds is 5. The van der Waals surface area contributed by atoms with E-state index in [0.29, 0.717) is 45.0 Å². The van der Waals surface area contributed by atoms with Crippen LogP contribution in [-0.4, -0.2) is 58.8 Å². The van der Waals surface area contributed by atoms with E-state index in [4.69, 9.17) is 21.3 Å². The van der Waals surface area contributed by atoms with Crippen molar-refractivity contribution >= 4 is 45.7 Å². The molecule has 2 N–H and O–H groups in total. The number of hydrogen-bond acceptors (Lipinski definition) is 10. The molecule has 1 aromatic carbocycles. The van der Waals surface area contributed by atoms with Gasteiger partial charge in [0, 0.05) is 42.9 Å². The number of pyridine rings is 1. The summed E-state index contributed by atoms with van der Waals surface area (Å²) >= 11 is 6.55. The third-order valence-electron chi connectivity index (χ3n) is 7.11. The van der Waals surface area contributed by atoms with Gasteiger partial charge in [0.05, 0.1) is 17.3 Å². The molecule has 1 saturated heterocycles. The quantitative estimate of drug-likeness (QED) is 0.356. The molecule has 37 heavy (non-hydrogen) atoms. The minimum atomic E-state index is -0.223. The molecule has 5 aromatic rings. The van der Waals surface area contributed by atoms with Crippen LogP contribution in [0.1, 0.15) is 12.8 Å². The highest BCUT2D eigenvalue weighted by atomic mass is 35.5. The molecule has 0 radical (unpaired) electrons. The highest BCUT2D eigenvalue weighted by Gasteiger charge is 2.41. The van der Waals surface area contributed by atoms with Gasteiger partial charge >= 0.3 is 0 Å². The Morgan fingerprint density at radius 1 is 1.00 bits per heavy atom. The second-order valence-electron chi connectivity index (χ2n) is 9.42. The number of halogens is 1. The van der Waals surface area contributed by atoms with Crippen molar-refractivity contribution in [3.63, 3.8) is 0 Å². The lowest BCUT2D eigenvalue weighted by molar-refractivity contribution is 0.0788. The Labute approximate surface area is 216 Å². The standard InChI is InChI=1S/C25H22ClN9O2/c26-18-7-16(3-4-20(18)37-17-5-6-35-21(8-17)29-13-31-35)32-24-22-19(28-12-30-24)9-27-25(33-22)34-10-14-1-2-15(11-34)23(14)36/h3-9,12-15,23,36H,1-2,10-11H2,(H,28,30,32)/t14-,15+,23?. The molecule has 1 saturated carbocycles. The van der Waals surface area contributed by atoms with Crippen LogP contribution in [0.5, 0.6) is 11.5 Å². The molecule has 1 aliphatic heterocycles. The normalized spacial score (nSPS) is 21.0. The number of piperidine rings is 1. The van der Waals surface area contributed by atoms with Crippen LogP contribution < -0.4 is 15.0 Å². The van der Waals surface area contributed by atoms with Crippen molar-refractivity contribution in [3.8, 4) is 11.5 Å². The molecule has 12 heteroatoms. The Balaban J connectivity index is 1.14. The van der Waals surface area contributed by atoms with Crippen molar-refractivity contribution in [3.05, 3.63) is 60.4 Å². The van der Waals surface area contributed by atoms with Gasteiger partial charge in [0.1, 0.15) is 35.2 Å². The molecule has 11 nitrogen and oxygen atoms in total. The number of nitrogens with one attached hydrogen (secondary N) is 1. The van der Waals surface area contributed by atoms with Gasteiger partial charge in [-0.2, -0.15) is 5.10 Å². The summed E-state index contributed by atoms with van der Waals surface area (Å²) in [5.41, 5.74) is 2.65. The van der Waals surface area contributed by atoms with Crippen molar-refractivity contribution in [1.29, 1.82) is 0 Å². The lowest BCUT2D eigenvalue weighted by Crippen LogP contribution is -2.45. The third kappa shape index (κ3) is 4.05. The lowest BCUT2D eigenvalue weighted by Gasteiger charge is -2.35. The summed E-state index contributed by atoms with van der Waals surface area (Å²) in [4.78, 5) is 24.4. The maximum Gasteiger partial charge on any atom is 0.226 e. The molecule has 4 aromatic heterocycles. The second kappa shape index (κ2) is 8.79. The van der Waals surface area contributed by atoms with E-state index in [9.17, 15) is 5.11 Å². The number of anilines is 3. The fraction of sp³-hybridized carbons (Fsp3) is 0.280. The van der Waals surface area contributed by atoms with Crippen LogP contribution in [0.25, 0.3) is 16.7 Å². The zero-order chi connectivity index (χ0) is 24.9. The van der Waals surface area contributed by atoms with Gasteiger partial charge in [0.15, 0.2) is 11.5 Å². The van der Waals surface area contributed by atoms with E-state index < -0.39 is 0 Å². The van der Waals surface area contributed by atoms with Crippen molar-refractivity contribution in [2.24, 2.45) is 11.8 Å². The summed E-state index contributed by atoms with van der Waals surface area (Å²) in [6, 6.07) is 9.00. The van der Waals surface area contributed by atoms with Crippen LogP contribution in [0, 0.1) is 11.8 Å². The van der Waals surface area contributed by atoms with E-state index in [2.05, 4.69) is 35.3 Å². The first kappa shape index (κ1) is 22.1. The fourth-order valence-corrected chi connectivity index (χ4v) is 5.45. The maximum atomic E-state index is 10.4. The van der Waals surface area contributed by atoms with Crippen LogP contribution in [0.15, 0.2) is 55.4 Å². The predicted molar refractivity (Wildman–Crippen MR) is 137 cm³/mol. The van der Waals surface area contributed by atoms with E-state index in [0.717, 1.165) is 31.6 Å². The Kier molecular flexibility index (Phi) is 5.26. The van der Waals surface area contributed by atoms with Crippen LogP contribution in [0.2, 0.25) is 5.02 Å². The Bertz CT molecular complexity index is 1610. The fourth-order valence-electron chi connectivity index (χ4n) is 5.23. The molecule has 1 unspecified atom stereocenters. The van der Waals surface area contributed by atoms with E-state index in [1.165, 1.54) is 12.7 Å². The van der Waals surface area contributed by atoms with Gasteiger partial charge in [-0.15, -0.1) is 0 Å². The summed E-state index contributed by atoms with van der Waals surface area (Å²) in [6.07, 6.45) is 8.31. The molecule has 2 fully saturated rings. The molecule has 7 rings (SSSR count). The number of aliphatic hydroxyl groups excluding tert-OH is 1. The minimum Gasteiger partial charge on any atom is -0.456 e. The Morgan fingerprint density at radius 2 is 1.86 bits per heavy atom. The number of aromatic nitrogens is 7. The summed E-state index contributed by atoms with van der Waals surface area (Å²) in [7, 11) is 0. The zero-order valence-corrected chi connectivity index (χ0v) is 20.3. The highest BCUT2D eigenvalue weighted by molar-refractivity contribution is 6.32. The summed E-state index contributed by atoms with van der Waals surface area (Å²) in [5.74, 6) is 2.83. The highest BCUT2D eigenvalue weighted by Crippen LogP contribution is 2.38. The van der Waals surface area contributed by atoms with Crippen molar-refractivity contribution in [1.82, 2.24) is 34.5 Å². The summed E-state index contributed by atoms with van der Waals surface area (Å²) < 4.78 is 7.62. The van der Waals surface area contributed by atoms with Crippen LogP contribution in [0.3, 0.4) is 0 Å². The molecule has 2 bridgehead atoms. The largest absolute Gasteiger partial charge is 0.456 e. The topological polar surface area (TPSA) is 126 Å². The minimum absolute atomic E-state index is 0.223. The molecule has 0 spiro atoms. The maximum absolute atomic E-state index is 10.4. The molecule has 0 amide bonds. The molecule has 1 aliphatic carbocycles. The molecular formula is C25H22ClN9O2. The van der Waals surface area contributed by atoms with E-state index >= 15 is 0 Å². The first-order valence-corrected chi connectivity index (χ1v) is 12.4. The van der Waals surface area contributed by atoms with Crippen LogP contribution >= 0.6 is 11.6 Å². The molecule has 5 heterocycles. The van der Waals surface area contributed by atoms with Crippen LogP contribution in [-0.2, 0) is 0 Å². The smallest absolute Gasteiger partial charge is 0.226 e. The van der Waals surface area contributed by atoms with Crippen LogP contribution in [0.4, 0.5) is 17.5 Å². The summed E-state index contributed by atoms with van der Waals surface area (Å²) in [5, 5.41) is 18.2. The lowest BCUT2D eigenvalue weighted by atomic mass is 9.95. The van der Waals surface area contributed by atoms with Gasteiger partial charge < -0.3 is 20.1 Å². The van der Waals surface area contributed by atoms with Gasteiger partial charge in [0.25, 0.3) is 0 Å². The monoisotopic (exact) mass is 515 g/mol. The Morgan fingerprint density at radius 3 is 2.70 bits per heavy atom.